The van der Waals surface area contributed by atoms with Crippen molar-refractivity contribution < 1.29 is 14.4 Å². The van der Waals surface area contributed by atoms with Crippen LogP contribution in [0.25, 0.3) is 0 Å². The molecule has 78 valence electrons. The summed E-state index contributed by atoms with van der Waals surface area (Å²) in [4.78, 5) is 34.1. The fraction of sp³-hybridized carbons (Fsp3) is 0.571. The quantitative estimate of drug-likeness (QED) is 0.185. The minimum atomic E-state index is -0.880. The molecule has 0 aliphatic carbocycles. The van der Waals surface area contributed by atoms with Gasteiger partial charge in [0.15, 0.2) is 0 Å². The summed E-state index contributed by atoms with van der Waals surface area (Å²) < 4.78 is 0. The van der Waals surface area contributed by atoms with Crippen molar-refractivity contribution in [3.8, 4) is 0 Å². The third-order valence-electron chi connectivity index (χ3n) is 2.20. The van der Waals surface area contributed by atoms with Gasteiger partial charge in [0.1, 0.15) is 0 Å². The lowest BCUT2D eigenvalue weighted by atomic mass is 10.1. The molecule has 0 spiro atoms. The highest BCUT2D eigenvalue weighted by atomic mass is 16.2. The number of hydrogen-bond donors (Lipinski definition) is 3. The summed E-state index contributed by atoms with van der Waals surface area (Å²) in [5.41, 5.74) is 6.81. The van der Waals surface area contributed by atoms with E-state index in [4.69, 9.17) is 11.6 Å². The Labute approximate surface area is 80.4 Å². The highest BCUT2D eigenvalue weighted by Gasteiger charge is 2.32. The van der Waals surface area contributed by atoms with Crippen LogP contribution in [0, 0.1) is 5.92 Å². The number of rotatable bonds is 1. The van der Waals surface area contributed by atoms with Crippen LogP contribution in [-0.2, 0) is 14.4 Å². The second-order valence-electron chi connectivity index (χ2n) is 3.11. The van der Waals surface area contributed by atoms with Crippen LogP contribution in [-0.4, -0.2) is 35.7 Å². The van der Waals surface area contributed by atoms with E-state index in [9.17, 15) is 14.4 Å². The van der Waals surface area contributed by atoms with Gasteiger partial charge in [-0.25, -0.2) is 5.84 Å². The SMILES string of the molecule is NNC(=O)C(=O)N1CCC(C(N)=O)C1. The predicted octanol–water partition coefficient (Wildman–Crippen LogP) is -2.69. The summed E-state index contributed by atoms with van der Waals surface area (Å²) in [6.45, 7) is 0.557. The number of primary amides is 1. The Balaban J connectivity index is 2.54. The molecule has 1 aliphatic rings. The van der Waals surface area contributed by atoms with Crippen molar-refractivity contribution in [2.45, 2.75) is 6.42 Å². The van der Waals surface area contributed by atoms with Gasteiger partial charge < -0.3 is 10.6 Å². The van der Waals surface area contributed by atoms with Crippen molar-refractivity contribution in [2.24, 2.45) is 17.5 Å². The normalized spacial score (nSPS) is 20.6. The molecule has 1 unspecified atom stereocenters. The molecule has 0 aromatic rings. The number of nitrogens with zero attached hydrogens (tertiary/aromatic N) is 1. The van der Waals surface area contributed by atoms with E-state index in [2.05, 4.69) is 0 Å². The van der Waals surface area contributed by atoms with E-state index in [0.29, 0.717) is 13.0 Å². The van der Waals surface area contributed by atoms with E-state index in [1.807, 2.05) is 0 Å². The number of nitrogens with two attached hydrogens (primary N) is 2. The first-order valence-electron chi connectivity index (χ1n) is 4.15. The number of likely N-dealkylation sites (tertiary alicyclic amines) is 1. The Morgan fingerprint density at radius 3 is 2.43 bits per heavy atom. The van der Waals surface area contributed by atoms with Crippen molar-refractivity contribution >= 4 is 17.7 Å². The lowest BCUT2D eigenvalue weighted by Gasteiger charge is -2.13. The first-order chi connectivity index (χ1) is 6.56. The molecule has 7 nitrogen and oxygen atoms in total. The lowest BCUT2D eigenvalue weighted by Crippen LogP contribution is -2.45. The summed E-state index contributed by atoms with van der Waals surface area (Å²) in [7, 11) is 0. The third kappa shape index (κ3) is 1.99. The number of carbonyl (C=O) groups excluding carboxylic acids is 3. The van der Waals surface area contributed by atoms with Crippen LogP contribution in [0.5, 0.6) is 0 Å². The molecule has 1 rings (SSSR count). The minimum absolute atomic E-state index is 0.196. The number of amides is 3. The summed E-state index contributed by atoms with van der Waals surface area (Å²) in [6.07, 6.45) is 0.499. The standard InChI is InChI=1S/C7H12N4O3/c8-5(12)4-1-2-11(3-4)7(14)6(13)10-9/h4H,1-3,9H2,(H2,8,12)(H,10,13). The van der Waals surface area contributed by atoms with Gasteiger partial charge in [0.05, 0.1) is 5.92 Å². The van der Waals surface area contributed by atoms with Crippen molar-refractivity contribution in [3.05, 3.63) is 0 Å². The van der Waals surface area contributed by atoms with Gasteiger partial charge in [0, 0.05) is 13.1 Å². The van der Waals surface area contributed by atoms with E-state index < -0.39 is 17.7 Å². The van der Waals surface area contributed by atoms with Crippen molar-refractivity contribution in [1.29, 1.82) is 0 Å². The Hall–Kier alpha value is -1.63. The smallest absolute Gasteiger partial charge is 0.323 e. The zero-order valence-corrected chi connectivity index (χ0v) is 7.53. The summed E-state index contributed by atoms with van der Waals surface area (Å²) in [5.74, 6) is 2.38. The van der Waals surface area contributed by atoms with Crippen LogP contribution in [0.3, 0.4) is 0 Å². The molecule has 5 N–H and O–H groups in total. The summed E-state index contributed by atoms with van der Waals surface area (Å²) >= 11 is 0. The molecule has 1 heterocycles. The highest BCUT2D eigenvalue weighted by Crippen LogP contribution is 2.15. The first kappa shape index (κ1) is 10.5. The molecule has 0 bridgehead atoms. The third-order valence-corrected chi connectivity index (χ3v) is 2.20. The molecule has 1 atom stereocenters. The van der Waals surface area contributed by atoms with Gasteiger partial charge in [0.2, 0.25) is 5.91 Å². The highest BCUT2D eigenvalue weighted by molar-refractivity contribution is 6.34. The molecule has 3 amide bonds. The zero-order valence-electron chi connectivity index (χ0n) is 7.53. The number of hydrazine groups is 1. The maximum Gasteiger partial charge on any atom is 0.323 e. The zero-order chi connectivity index (χ0) is 10.7. The second-order valence-corrected chi connectivity index (χ2v) is 3.11. The van der Waals surface area contributed by atoms with E-state index in [-0.39, 0.29) is 12.5 Å². The molecule has 1 fully saturated rings. The average Bonchev–Trinajstić information content (AvgIpc) is 2.64. The summed E-state index contributed by atoms with van der Waals surface area (Å²) in [6, 6.07) is 0. The number of carbonyl (C=O) groups is 3. The molecular formula is C7H12N4O3. The molecule has 0 aromatic heterocycles. The molecule has 0 saturated carbocycles. The van der Waals surface area contributed by atoms with Crippen LogP contribution in [0.2, 0.25) is 0 Å². The fourth-order valence-corrected chi connectivity index (χ4v) is 1.38. The second kappa shape index (κ2) is 4.05. The van der Waals surface area contributed by atoms with Crippen molar-refractivity contribution in [3.63, 3.8) is 0 Å². The van der Waals surface area contributed by atoms with Gasteiger partial charge in [-0.3, -0.25) is 19.8 Å². The number of hydrogen-bond acceptors (Lipinski definition) is 4. The van der Waals surface area contributed by atoms with Gasteiger partial charge in [-0.15, -0.1) is 0 Å². The number of nitrogens with one attached hydrogen (secondary N) is 1. The monoisotopic (exact) mass is 200 g/mol. The maximum absolute atomic E-state index is 11.2. The van der Waals surface area contributed by atoms with Gasteiger partial charge in [0.25, 0.3) is 0 Å². The van der Waals surface area contributed by atoms with E-state index in [1.165, 1.54) is 4.90 Å². The van der Waals surface area contributed by atoms with Crippen molar-refractivity contribution in [2.75, 3.05) is 13.1 Å². The maximum atomic E-state index is 11.2. The van der Waals surface area contributed by atoms with Crippen LogP contribution >= 0.6 is 0 Å². The lowest BCUT2D eigenvalue weighted by molar-refractivity contribution is -0.145. The predicted molar refractivity (Wildman–Crippen MR) is 46.2 cm³/mol. The first-order valence-corrected chi connectivity index (χ1v) is 4.15. The molecule has 1 aliphatic heterocycles. The van der Waals surface area contributed by atoms with E-state index >= 15 is 0 Å². The van der Waals surface area contributed by atoms with Crippen LogP contribution in [0.4, 0.5) is 0 Å². The van der Waals surface area contributed by atoms with Gasteiger partial charge in [-0.05, 0) is 6.42 Å². The van der Waals surface area contributed by atoms with Crippen LogP contribution in [0.1, 0.15) is 6.42 Å². The Kier molecular flexibility index (Phi) is 3.03. The molecule has 0 aromatic carbocycles. The van der Waals surface area contributed by atoms with Crippen LogP contribution in [0.15, 0.2) is 0 Å². The molecular weight excluding hydrogens is 188 g/mol. The van der Waals surface area contributed by atoms with Gasteiger partial charge in [-0.2, -0.15) is 0 Å². The Morgan fingerprint density at radius 2 is 2.00 bits per heavy atom. The Bertz CT molecular complexity index is 278. The Morgan fingerprint density at radius 1 is 1.36 bits per heavy atom. The molecule has 7 heteroatoms. The van der Waals surface area contributed by atoms with Crippen molar-refractivity contribution in [1.82, 2.24) is 10.3 Å². The molecule has 14 heavy (non-hydrogen) atoms. The van der Waals surface area contributed by atoms with E-state index in [1.54, 1.807) is 5.43 Å². The molecule has 1 saturated heterocycles. The fourth-order valence-electron chi connectivity index (χ4n) is 1.38. The largest absolute Gasteiger partial charge is 0.369 e. The van der Waals surface area contributed by atoms with E-state index in [0.717, 1.165) is 0 Å². The van der Waals surface area contributed by atoms with Gasteiger partial charge >= 0.3 is 11.8 Å². The molecule has 0 radical (unpaired) electrons. The topological polar surface area (TPSA) is 119 Å². The minimum Gasteiger partial charge on any atom is -0.369 e. The average molecular weight is 200 g/mol. The summed E-state index contributed by atoms with van der Waals surface area (Å²) in [5, 5.41) is 0. The van der Waals surface area contributed by atoms with Gasteiger partial charge in [-0.1, -0.05) is 0 Å². The van der Waals surface area contributed by atoms with Crippen LogP contribution < -0.4 is 17.0 Å².